The molecular weight excluding hydrogens is 342 g/mol. The van der Waals surface area contributed by atoms with Crippen molar-refractivity contribution in [2.24, 2.45) is 0 Å². The molecule has 0 spiro atoms. The van der Waals surface area contributed by atoms with Crippen molar-refractivity contribution in [3.63, 3.8) is 0 Å². The maximum absolute atomic E-state index is 13.0. The highest BCUT2D eigenvalue weighted by Gasteiger charge is 2.20. The third kappa shape index (κ3) is 3.70. The molecule has 0 radical (unpaired) electrons. The highest BCUT2D eigenvalue weighted by Crippen LogP contribution is 2.19. The monoisotopic (exact) mass is 360 g/mol. The van der Waals surface area contributed by atoms with Crippen LogP contribution >= 0.6 is 0 Å². The lowest BCUT2D eigenvalue weighted by atomic mass is 10.0. The Balaban J connectivity index is 1.79. The van der Waals surface area contributed by atoms with Gasteiger partial charge in [0, 0.05) is 12.3 Å². The smallest absolute Gasteiger partial charge is 0.280 e. The van der Waals surface area contributed by atoms with Crippen molar-refractivity contribution in [3.05, 3.63) is 65.1 Å². The number of halogens is 2. The van der Waals surface area contributed by atoms with E-state index in [0.717, 1.165) is 21.7 Å². The van der Waals surface area contributed by atoms with Gasteiger partial charge in [-0.25, -0.2) is 18.3 Å². The van der Waals surface area contributed by atoms with Gasteiger partial charge in [-0.2, -0.15) is 5.10 Å². The van der Waals surface area contributed by atoms with E-state index in [9.17, 15) is 18.7 Å². The summed E-state index contributed by atoms with van der Waals surface area (Å²) < 4.78 is 27.0. The van der Waals surface area contributed by atoms with E-state index in [1.165, 1.54) is 12.3 Å². The summed E-state index contributed by atoms with van der Waals surface area (Å²) in [7, 11) is 0. The van der Waals surface area contributed by atoms with Gasteiger partial charge in [0.05, 0.1) is 12.6 Å². The number of aliphatic hydroxyl groups is 1. The number of hydrogen-bond acceptors (Lipinski definition) is 4. The van der Waals surface area contributed by atoms with Crippen molar-refractivity contribution in [2.45, 2.75) is 25.8 Å². The molecule has 0 fully saturated rings. The number of rotatable bonds is 6. The highest BCUT2D eigenvalue weighted by molar-refractivity contribution is 5.93. The molecule has 1 amide bonds. The van der Waals surface area contributed by atoms with Crippen LogP contribution in [-0.4, -0.2) is 38.3 Å². The van der Waals surface area contributed by atoms with Crippen LogP contribution in [0.5, 0.6) is 0 Å². The van der Waals surface area contributed by atoms with E-state index >= 15 is 0 Å². The third-order valence-electron chi connectivity index (χ3n) is 4.13. The van der Waals surface area contributed by atoms with Gasteiger partial charge in [0.15, 0.2) is 11.3 Å². The summed E-state index contributed by atoms with van der Waals surface area (Å²) in [5.41, 5.74) is 1.84. The minimum atomic E-state index is -2.73. The number of nitrogens with zero attached hydrogens (tertiary/aromatic N) is 3. The summed E-state index contributed by atoms with van der Waals surface area (Å²) in [5, 5.41) is 16.2. The van der Waals surface area contributed by atoms with Gasteiger partial charge in [0.25, 0.3) is 12.3 Å². The minimum absolute atomic E-state index is 0.0335. The molecule has 2 N–H and O–H groups in total. The second-order valence-corrected chi connectivity index (χ2v) is 5.95. The molecule has 1 atom stereocenters. The minimum Gasteiger partial charge on any atom is -0.394 e. The van der Waals surface area contributed by atoms with Gasteiger partial charge in [-0.05, 0) is 30.5 Å². The highest BCUT2D eigenvalue weighted by atomic mass is 19.3. The molecule has 0 saturated heterocycles. The molecule has 0 saturated carbocycles. The van der Waals surface area contributed by atoms with E-state index in [-0.39, 0.29) is 23.6 Å². The average Bonchev–Trinajstić information content (AvgIpc) is 3.07. The largest absolute Gasteiger partial charge is 0.394 e. The van der Waals surface area contributed by atoms with Crippen LogP contribution in [0.2, 0.25) is 0 Å². The summed E-state index contributed by atoms with van der Waals surface area (Å²) in [6.45, 7) is 1.69. The van der Waals surface area contributed by atoms with E-state index in [1.807, 2.05) is 31.2 Å². The number of aryl methyl sites for hydroxylation is 1. The van der Waals surface area contributed by atoms with E-state index in [2.05, 4.69) is 15.4 Å². The van der Waals surface area contributed by atoms with Crippen molar-refractivity contribution in [1.29, 1.82) is 0 Å². The molecule has 3 aromatic rings. The molecule has 136 valence electrons. The topological polar surface area (TPSA) is 79.5 Å². The maximum Gasteiger partial charge on any atom is 0.280 e. The van der Waals surface area contributed by atoms with Crippen LogP contribution in [-0.2, 0) is 6.42 Å². The molecule has 0 aliphatic heterocycles. The molecule has 1 unspecified atom stereocenters. The Kier molecular flexibility index (Phi) is 5.22. The lowest BCUT2D eigenvalue weighted by Gasteiger charge is -2.16. The van der Waals surface area contributed by atoms with Gasteiger partial charge in [0.1, 0.15) is 5.69 Å². The Morgan fingerprint density at radius 3 is 2.77 bits per heavy atom. The van der Waals surface area contributed by atoms with Crippen LogP contribution in [0.4, 0.5) is 8.78 Å². The molecule has 2 aromatic heterocycles. The summed E-state index contributed by atoms with van der Waals surface area (Å²) >= 11 is 0. The second kappa shape index (κ2) is 7.57. The zero-order valence-corrected chi connectivity index (χ0v) is 14.1. The van der Waals surface area contributed by atoms with Crippen molar-refractivity contribution < 1.29 is 18.7 Å². The number of hydrogen-bond donors (Lipinski definition) is 2. The Morgan fingerprint density at radius 2 is 2.08 bits per heavy atom. The van der Waals surface area contributed by atoms with E-state index in [1.54, 1.807) is 0 Å². The van der Waals surface area contributed by atoms with Gasteiger partial charge in [0.2, 0.25) is 0 Å². The summed E-state index contributed by atoms with van der Waals surface area (Å²) in [6, 6.07) is 9.65. The summed E-state index contributed by atoms with van der Waals surface area (Å²) in [5.74, 6) is -0.552. The number of benzene rings is 1. The molecule has 8 heteroatoms. The number of amides is 1. The first-order chi connectivity index (χ1) is 12.5. The standard InChI is InChI=1S/C18H18F2N4O2/c1-11-4-2-3-5-12(11)8-13(10-25)22-18(26)14-9-16-21-7-6-15(17(19)20)24(16)23-14/h2-7,9,13,17,25H,8,10H2,1H3,(H,22,26). The van der Waals surface area contributed by atoms with Crippen LogP contribution in [0.1, 0.15) is 33.7 Å². The van der Waals surface area contributed by atoms with Gasteiger partial charge in [-0.1, -0.05) is 24.3 Å². The quantitative estimate of drug-likeness (QED) is 0.707. The molecule has 3 rings (SSSR count). The molecule has 0 bridgehead atoms. The van der Waals surface area contributed by atoms with E-state index in [0.29, 0.717) is 6.42 Å². The molecule has 6 nitrogen and oxygen atoms in total. The molecular formula is C18H18F2N4O2. The maximum atomic E-state index is 13.0. The number of fused-ring (bicyclic) bond motifs is 1. The molecule has 0 aliphatic rings. The van der Waals surface area contributed by atoms with Gasteiger partial charge in [-0.15, -0.1) is 0 Å². The van der Waals surface area contributed by atoms with Crippen molar-refractivity contribution >= 4 is 11.6 Å². The number of alkyl halides is 2. The molecule has 0 aliphatic carbocycles. The van der Waals surface area contributed by atoms with Crippen LogP contribution in [0.25, 0.3) is 5.65 Å². The number of nitrogens with one attached hydrogen (secondary N) is 1. The number of aliphatic hydroxyl groups excluding tert-OH is 1. The summed E-state index contributed by atoms with van der Waals surface area (Å²) in [6.07, 6.45) is -1.04. The predicted molar refractivity (Wildman–Crippen MR) is 91.2 cm³/mol. The Hall–Kier alpha value is -2.87. The lowest BCUT2D eigenvalue weighted by Crippen LogP contribution is -2.39. The van der Waals surface area contributed by atoms with Gasteiger partial charge < -0.3 is 10.4 Å². The number of aromatic nitrogens is 3. The first kappa shape index (κ1) is 17.9. The predicted octanol–water partition coefficient (Wildman–Crippen LogP) is 2.31. The normalized spacial score (nSPS) is 12.5. The SMILES string of the molecule is Cc1ccccc1CC(CO)NC(=O)c1cc2nccc(C(F)F)n2n1. The fourth-order valence-corrected chi connectivity index (χ4v) is 2.72. The zero-order valence-electron chi connectivity index (χ0n) is 14.1. The molecule has 1 aromatic carbocycles. The molecule has 2 heterocycles. The Morgan fingerprint density at radius 1 is 1.31 bits per heavy atom. The fourth-order valence-electron chi connectivity index (χ4n) is 2.72. The lowest BCUT2D eigenvalue weighted by molar-refractivity contribution is 0.0910. The van der Waals surface area contributed by atoms with Crippen LogP contribution in [0.3, 0.4) is 0 Å². The summed E-state index contributed by atoms with van der Waals surface area (Å²) in [4.78, 5) is 16.4. The fraction of sp³-hybridized carbons (Fsp3) is 0.278. The van der Waals surface area contributed by atoms with Crippen LogP contribution in [0, 0.1) is 6.92 Å². The van der Waals surface area contributed by atoms with Crippen molar-refractivity contribution in [2.75, 3.05) is 6.61 Å². The molecule has 26 heavy (non-hydrogen) atoms. The first-order valence-corrected chi connectivity index (χ1v) is 8.08. The third-order valence-corrected chi connectivity index (χ3v) is 4.13. The zero-order chi connectivity index (χ0) is 18.7. The van der Waals surface area contributed by atoms with Crippen LogP contribution in [0.15, 0.2) is 42.6 Å². The number of carbonyl (C=O) groups is 1. The Bertz CT molecular complexity index is 926. The first-order valence-electron chi connectivity index (χ1n) is 8.08. The van der Waals surface area contributed by atoms with Crippen molar-refractivity contribution in [3.8, 4) is 0 Å². The second-order valence-electron chi connectivity index (χ2n) is 5.95. The van der Waals surface area contributed by atoms with E-state index < -0.39 is 18.4 Å². The van der Waals surface area contributed by atoms with E-state index in [4.69, 9.17) is 0 Å². The average molecular weight is 360 g/mol. The van der Waals surface area contributed by atoms with Gasteiger partial charge >= 0.3 is 0 Å². The number of carbonyl (C=O) groups excluding carboxylic acids is 1. The van der Waals surface area contributed by atoms with Gasteiger partial charge in [-0.3, -0.25) is 4.79 Å². The van der Waals surface area contributed by atoms with Crippen LogP contribution < -0.4 is 5.32 Å². The van der Waals surface area contributed by atoms with Crippen molar-refractivity contribution in [1.82, 2.24) is 19.9 Å². The Labute approximate surface area is 148 Å².